The van der Waals surface area contributed by atoms with Gasteiger partial charge in [-0.15, -0.1) is 11.3 Å². The lowest BCUT2D eigenvalue weighted by atomic mass is 10.1. The number of para-hydroxylation sites is 1. The molecular weight excluding hydrogens is 380 g/mol. The highest BCUT2D eigenvalue weighted by Gasteiger charge is 2.20. The molecule has 29 heavy (non-hydrogen) atoms. The molecule has 2 heterocycles. The van der Waals surface area contributed by atoms with Gasteiger partial charge in [-0.1, -0.05) is 42.5 Å². The van der Waals surface area contributed by atoms with E-state index < -0.39 is 0 Å². The largest absolute Gasteiger partial charge is 0.344 e. The maximum atomic E-state index is 12.7. The first kappa shape index (κ1) is 19.8. The number of nitrogens with one attached hydrogen (secondary N) is 1. The van der Waals surface area contributed by atoms with E-state index in [-0.39, 0.29) is 11.9 Å². The van der Waals surface area contributed by atoms with Gasteiger partial charge >= 0.3 is 0 Å². The van der Waals surface area contributed by atoms with Crippen LogP contribution in [0.25, 0.3) is 16.3 Å². The molecule has 1 unspecified atom stereocenters. The van der Waals surface area contributed by atoms with Crippen molar-refractivity contribution in [2.75, 3.05) is 39.8 Å². The smallest absolute Gasteiger partial charge is 0.244 e. The van der Waals surface area contributed by atoms with E-state index in [4.69, 9.17) is 0 Å². The van der Waals surface area contributed by atoms with Crippen molar-refractivity contribution in [3.8, 4) is 0 Å². The zero-order valence-electron chi connectivity index (χ0n) is 16.6. The summed E-state index contributed by atoms with van der Waals surface area (Å²) >= 11 is 1.59. The van der Waals surface area contributed by atoms with Gasteiger partial charge in [0, 0.05) is 38.8 Å². The monoisotopic (exact) mass is 406 g/mol. The van der Waals surface area contributed by atoms with Gasteiger partial charge in [-0.25, -0.2) is 4.98 Å². The van der Waals surface area contributed by atoms with E-state index in [1.807, 2.05) is 42.5 Å². The number of amides is 1. The van der Waals surface area contributed by atoms with Crippen LogP contribution in [-0.4, -0.2) is 60.5 Å². The molecule has 0 bridgehead atoms. The summed E-state index contributed by atoms with van der Waals surface area (Å²) in [7, 11) is 2.15. The molecule has 1 aliphatic rings. The average molecular weight is 407 g/mol. The molecule has 1 saturated heterocycles. The minimum atomic E-state index is -0.0905. The van der Waals surface area contributed by atoms with Crippen molar-refractivity contribution in [2.45, 2.75) is 6.04 Å². The SMILES string of the molecule is CN1CCN(CC(NC(=O)/C=C/c2nc3ccccc3s2)c2ccccc2)CC1. The topological polar surface area (TPSA) is 48.5 Å². The number of hydrogen-bond donors (Lipinski definition) is 1. The number of aromatic nitrogens is 1. The summed E-state index contributed by atoms with van der Waals surface area (Å²) in [6, 6.07) is 18.2. The third-order valence-corrected chi connectivity index (χ3v) is 6.24. The van der Waals surface area contributed by atoms with E-state index in [1.165, 1.54) is 0 Å². The summed E-state index contributed by atoms with van der Waals surface area (Å²) in [4.78, 5) is 22.0. The molecule has 0 aliphatic carbocycles. The maximum Gasteiger partial charge on any atom is 0.244 e. The maximum absolute atomic E-state index is 12.7. The first-order valence-corrected chi connectivity index (χ1v) is 10.8. The Hall–Kier alpha value is -2.54. The van der Waals surface area contributed by atoms with E-state index in [2.05, 4.69) is 39.3 Å². The standard InChI is InChI=1S/C23H26N4OS/c1-26-13-15-27(16-14-26)17-20(18-7-3-2-4-8-18)24-22(28)11-12-23-25-19-9-5-6-10-21(19)29-23/h2-12,20H,13-17H2,1H3,(H,24,28)/b12-11+. The van der Waals surface area contributed by atoms with Gasteiger partial charge in [-0.3, -0.25) is 9.69 Å². The molecule has 1 aliphatic heterocycles. The van der Waals surface area contributed by atoms with Crippen molar-refractivity contribution >= 4 is 33.5 Å². The third-order valence-electron chi connectivity index (χ3n) is 5.24. The van der Waals surface area contributed by atoms with Crippen molar-refractivity contribution < 1.29 is 4.79 Å². The first-order chi connectivity index (χ1) is 14.2. The molecular formula is C23H26N4OS. The van der Waals surface area contributed by atoms with E-state index in [0.717, 1.165) is 53.5 Å². The molecule has 1 aromatic heterocycles. The van der Waals surface area contributed by atoms with Gasteiger partial charge in [-0.05, 0) is 30.8 Å². The Labute approximate surface area is 175 Å². The van der Waals surface area contributed by atoms with Crippen molar-refractivity contribution in [3.05, 3.63) is 71.2 Å². The van der Waals surface area contributed by atoms with Crippen LogP contribution in [0.4, 0.5) is 0 Å². The van der Waals surface area contributed by atoms with Crippen LogP contribution >= 0.6 is 11.3 Å². The predicted octanol–water partition coefficient (Wildman–Crippen LogP) is 3.41. The molecule has 5 nitrogen and oxygen atoms in total. The molecule has 0 radical (unpaired) electrons. The number of rotatable bonds is 6. The minimum Gasteiger partial charge on any atom is -0.344 e. The minimum absolute atomic E-state index is 0.0351. The summed E-state index contributed by atoms with van der Waals surface area (Å²) < 4.78 is 1.13. The van der Waals surface area contributed by atoms with Gasteiger partial charge < -0.3 is 10.2 Å². The Balaban J connectivity index is 1.44. The second-order valence-corrected chi connectivity index (χ2v) is 8.49. The van der Waals surface area contributed by atoms with Crippen LogP contribution in [0.15, 0.2) is 60.7 Å². The number of carbonyl (C=O) groups excluding carboxylic acids is 1. The van der Waals surface area contributed by atoms with Crippen molar-refractivity contribution in [1.82, 2.24) is 20.1 Å². The number of carbonyl (C=O) groups is 1. The summed E-state index contributed by atoms with van der Waals surface area (Å²) in [5.41, 5.74) is 2.10. The van der Waals surface area contributed by atoms with Crippen LogP contribution in [0.2, 0.25) is 0 Å². The highest BCUT2D eigenvalue weighted by Crippen LogP contribution is 2.22. The lowest BCUT2D eigenvalue weighted by Gasteiger charge is -2.34. The summed E-state index contributed by atoms with van der Waals surface area (Å²) in [6.45, 7) is 4.99. The number of likely N-dealkylation sites (N-methyl/N-ethyl adjacent to an activating group) is 1. The van der Waals surface area contributed by atoms with Crippen molar-refractivity contribution in [3.63, 3.8) is 0 Å². The number of benzene rings is 2. The van der Waals surface area contributed by atoms with E-state index >= 15 is 0 Å². The summed E-state index contributed by atoms with van der Waals surface area (Å²) in [6.07, 6.45) is 3.40. The second kappa shape index (κ2) is 9.31. The van der Waals surface area contributed by atoms with Crippen LogP contribution < -0.4 is 5.32 Å². The van der Waals surface area contributed by atoms with Crippen LogP contribution in [0.3, 0.4) is 0 Å². The molecule has 6 heteroatoms. The predicted molar refractivity (Wildman–Crippen MR) is 120 cm³/mol. The fourth-order valence-corrected chi connectivity index (χ4v) is 4.41. The first-order valence-electron chi connectivity index (χ1n) is 9.97. The fraction of sp³-hybridized carbons (Fsp3) is 0.304. The van der Waals surface area contributed by atoms with Crippen LogP contribution in [0, 0.1) is 0 Å². The number of piperazine rings is 1. The molecule has 0 spiro atoms. The van der Waals surface area contributed by atoms with E-state index in [0.29, 0.717) is 0 Å². The highest BCUT2D eigenvalue weighted by molar-refractivity contribution is 7.19. The fourth-order valence-electron chi connectivity index (χ4n) is 3.54. The van der Waals surface area contributed by atoms with Gasteiger partial charge in [0.05, 0.1) is 16.3 Å². The van der Waals surface area contributed by atoms with Crippen LogP contribution in [-0.2, 0) is 4.79 Å². The zero-order valence-corrected chi connectivity index (χ0v) is 17.4. The lowest BCUT2D eigenvalue weighted by molar-refractivity contribution is -0.117. The molecule has 1 N–H and O–H groups in total. The normalized spacial score (nSPS) is 17.0. The van der Waals surface area contributed by atoms with Gasteiger partial charge in [0.2, 0.25) is 5.91 Å². The molecule has 0 saturated carbocycles. The Morgan fingerprint density at radius 3 is 2.59 bits per heavy atom. The molecule has 3 aromatic rings. The number of hydrogen-bond acceptors (Lipinski definition) is 5. The molecule has 150 valence electrons. The van der Waals surface area contributed by atoms with Gasteiger partial charge in [0.25, 0.3) is 0 Å². The third kappa shape index (κ3) is 5.29. The van der Waals surface area contributed by atoms with Gasteiger partial charge in [0.15, 0.2) is 0 Å². The zero-order chi connectivity index (χ0) is 20.1. The molecule has 4 rings (SSSR count). The Kier molecular flexibility index (Phi) is 6.34. The van der Waals surface area contributed by atoms with Crippen molar-refractivity contribution in [2.24, 2.45) is 0 Å². The van der Waals surface area contributed by atoms with Gasteiger partial charge in [-0.2, -0.15) is 0 Å². The van der Waals surface area contributed by atoms with E-state index in [9.17, 15) is 4.79 Å². The number of fused-ring (bicyclic) bond motifs is 1. The Morgan fingerprint density at radius 1 is 1.10 bits per heavy atom. The Bertz CT molecular complexity index is 944. The quantitative estimate of drug-likeness (QED) is 0.638. The number of thiazole rings is 1. The van der Waals surface area contributed by atoms with Crippen LogP contribution in [0.5, 0.6) is 0 Å². The highest BCUT2D eigenvalue weighted by atomic mass is 32.1. The molecule has 2 aromatic carbocycles. The summed E-state index contributed by atoms with van der Waals surface area (Å²) in [5, 5.41) is 4.04. The van der Waals surface area contributed by atoms with Crippen LogP contribution in [0.1, 0.15) is 16.6 Å². The molecule has 1 amide bonds. The van der Waals surface area contributed by atoms with E-state index in [1.54, 1.807) is 23.5 Å². The summed E-state index contributed by atoms with van der Waals surface area (Å²) in [5.74, 6) is -0.0905. The average Bonchev–Trinajstić information content (AvgIpc) is 3.17. The molecule has 1 fully saturated rings. The lowest BCUT2D eigenvalue weighted by Crippen LogP contribution is -2.47. The van der Waals surface area contributed by atoms with Crippen molar-refractivity contribution in [1.29, 1.82) is 0 Å². The number of nitrogens with zero attached hydrogens (tertiary/aromatic N) is 3. The second-order valence-electron chi connectivity index (χ2n) is 7.43. The van der Waals surface area contributed by atoms with Gasteiger partial charge in [0.1, 0.15) is 5.01 Å². The molecule has 1 atom stereocenters. The Morgan fingerprint density at radius 2 is 1.83 bits per heavy atom.